The van der Waals surface area contributed by atoms with Gasteiger partial charge < -0.3 is 15.2 Å². The molecule has 0 spiro atoms. The molecule has 0 aromatic carbocycles. The van der Waals surface area contributed by atoms with Gasteiger partial charge >= 0.3 is 6.09 Å². The summed E-state index contributed by atoms with van der Waals surface area (Å²) in [6.45, 7) is 5.83. The monoisotopic (exact) mass is 329 g/mol. The SMILES string of the molecule is CC(C)(C)OC(=O)NCCCCC(O)C(=O)Nc1nccs1. The number of ether oxygens (including phenoxy) is 1. The second kappa shape index (κ2) is 8.70. The Hall–Kier alpha value is -1.67. The number of aromatic nitrogens is 1. The summed E-state index contributed by atoms with van der Waals surface area (Å²) in [6, 6.07) is 0. The van der Waals surface area contributed by atoms with Crippen LogP contribution in [-0.4, -0.2) is 40.3 Å². The molecule has 2 amide bonds. The summed E-state index contributed by atoms with van der Waals surface area (Å²) >= 11 is 1.29. The summed E-state index contributed by atoms with van der Waals surface area (Å²) in [5.74, 6) is -0.463. The standard InChI is InChI=1S/C14H23N3O4S/c1-14(2,3)21-13(20)16-7-5-4-6-10(18)11(19)17-12-15-8-9-22-12/h8-10,18H,4-7H2,1-3H3,(H,16,20)(H,15,17,19). The van der Waals surface area contributed by atoms with Crippen LogP contribution in [0.5, 0.6) is 0 Å². The zero-order valence-electron chi connectivity index (χ0n) is 13.1. The van der Waals surface area contributed by atoms with Gasteiger partial charge in [-0.15, -0.1) is 11.3 Å². The first kappa shape index (κ1) is 18.4. The summed E-state index contributed by atoms with van der Waals surface area (Å²) in [7, 11) is 0. The number of thiazole rings is 1. The second-order valence-electron chi connectivity index (χ2n) is 5.77. The van der Waals surface area contributed by atoms with Crippen molar-refractivity contribution in [1.82, 2.24) is 10.3 Å². The molecular weight excluding hydrogens is 306 g/mol. The van der Waals surface area contributed by atoms with E-state index in [4.69, 9.17) is 4.74 Å². The lowest BCUT2D eigenvalue weighted by Crippen LogP contribution is -2.33. The number of nitrogens with zero attached hydrogens (tertiary/aromatic N) is 1. The van der Waals surface area contributed by atoms with Crippen molar-refractivity contribution in [3.05, 3.63) is 11.6 Å². The number of unbranched alkanes of at least 4 members (excludes halogenated alkanes) is 1. The van der Waals surface area contributed by atoms with E-state index in [2.05, 4.69) is 15.6 Å². The highest BCUT2D eigenvalue weighted by Crippen LogP contribution is 2.12. The van der Waals surface area contributed by atoms with Crippen LogP contribution in [0.3, 0.4) is 0 Å². The summed E-state index contributed by atoms with van der Waals surface area (Å²) in [5.41, 5.74) is -0.520. The Morgan fingerprint density at radius 2 is 2.14 bits per heavy atom. The van der Waals surface area contributed by atoms with Gasteiger partial charge in [0.15, 0.2) is 5.13 Å². The molecule has 1 unspecified atom stereocenters. The number of amides is 2. The number of carbonyl (C=O) groups is 2. The van der Waals surface area contributed by atoms with Crippen molar-refractivity contribution < 1.29 is 19.4 Å². The van der Waals surface area contributed by atoms with Crippen LogP contribution < -0.4 is 10.6 Å². The molecule has 22 heavy (non-hydrogen) atoms. The highest BCUT2D eigenvalue weighted by atomic mass is 32.1. The van der Waals surface area contributed by atoms with Crippen molar-refractivity contribution in [2.24, 2.45) is 0 Å². The molecule has 0 aliphatic rings. The number of alkyl carbamates (subject to hydrolysis) is 1. The molecule has 0 fully saturated rings. The lowest BCUT2D eigenvalue weighted by Gasteiger charge is -2.19. The van der Waals surface area contributed by atoms with Crippen molar-refractivity contribution in [1.29, 1.82) is 0 Å². The average Bonchev–Trinajstić information content (AvgIpc) is 2.88. The molecule has 1 atom stereocenters. The van der Waals surface area contributed by atoms with Crippen LogP contribution in [0.15, 0.2) is 11.6 Å². The van der Waals surface area contributed by atoms with Crippen LogP contribution in [0.2, 0.25) is 0 Å². The minimum absolute atomic E-state index is 0.327. The minimum atomic E-state index is -1.08. The predicted octanol–water partition coefficient (Wildman–Crippen LogP) is 2.14. The topological polar surface area (TPSA) is 101 Å². The fraction of sp³-hybridized carbons (Fsp3) is 0.643. The zero-order chi connectivity index (χ0) is 16.6. The van der Waals surface area contributed by atoms with Crippen LogP contribution in [0.1, 0.15) is 40.0 Å². The van der Waals surface area contributed by atoms with Crippen LogP contribution in [-0.2, 0) is 9.53 Å². The lowest BCUT2D eigenvalue weighted by molar-refractivity contribution is -0.124. The molecule has 124 valence electrons. The van der Waals surface area contributed by atoms with E-state index in [-0.39, 0.29) is 0 Å². The third kappa shape index (κ3) is 7.94. The first-order valence-corrected chi connectivity index (χ1v) is 8.01. The molecule has 0 saturated heterocycles. The number of rotatable bonds is 7. The Bertz CT molecular complexity index is 471. The van der Waals surface area contributed by atoms with Gasteiger partial charge in [-0.2, -0.15) is 0 Å². The van der Waals surface area contributed by atoms with Gasteiger partial charge in [0.1, 0.15) is 11.7 Å². The smallest absolute Gasteiger partial charge is 0.407 e. The third-order valence-corrected chi connectivity index (χ3v) is 3.23. The Morgan fingerprint density at radius 3 is 2.73 bits per heavy atom. The van der Waals surface area contributed by atoms with E-state index in [1.54, 1.807) is 32.3 Å². The number of aliphatic hydroxyl groups excluding tert-OH is 1. The average molecular weight is 329 g/mol. The Kier molecular flexibility index (Phi) is 7.26. The zero-order valence-corrected chi connectivity index (χ0v) is 13.9. The second-order valence-corrected chi connectivity index (χ2v) is 6.66. The van der Waals surface area contributed by atoms with Crippen molar-refractivity contribution in [3.63, 3.8) is 0 Å². The van der Waals surface area contributed by atoms with E-state index >= 15 is 0 Å². The van der Waals surface area contributed by atoms with Crippen LogP contribution >= 0.6 is 11.3 Å². The van der Waals surface area contributed by atoms with Gasteiger partial charge in [-0.05, 0) is 40.0 Å². The van der Waals surface area contributed by atoms with Gasteiger partial charge in [0, 0.05) is 18.1 Å². The molecule has 1 heterocycles. The van der Waals surface area contributed by atoms with Crippen molar-refractivity contribution in [2.45, 2.75) is 51.7 Å². The van der Waals surface area contributed by atoms with E-state index in [0.29, 0.717) is 30.9 Å². The van der Waals surface area contributed by atoms with Gasteiger partial charge in [-0.3, -0.25) is 10.1 Å². The first-order valence-electron chi connectivity index (χ1n) is 7.13. The number of hydrogen-bond acceptors (Lipinski definition) is 6. The number of nitrogens with one attached hydrogen (secondary N) is 2. The Labute approximate surface area is 134 Å². The van der Waals surface area contributed by atoms with E-state index in [1.165, 1.54) is 11.3 Å². The number of carbonyl (C=O) groups excluding carboxylic acids is 2. The maximum Gasteiger partial charge on any atom is 0.407 e. The quantitative estimate of drug-likeness (QED) is 0.665. The molecule has 0 radical (unpaired) electrons. The molecule has 7 nitrogen and oxygen atoms in total. The highest BCUT2D eigenvalue weighted by molar-refractivity contribution is 7.13. The number of anilines is 1. The van der Waals surface area contributed by atoms with Gasteiger partial charge in [-0.25, -0.2) is 9.78 Å². The highest BCUT2D eigenvalue weighted by Gasteiger charge is 2.17. The van der Waals surface area contributed by atoms with Crippen molar-refractivity contribution >= 4 is 28.5 Å². The summed E-state index contributed by atoms with van der Waals surface area (Å²) in [5, 5.41) is 17.1. The first-order chi connectivity index (χ1) is 10.3. The summed E-state index contributed by atoms with van der Waals surface area (Å²) in [6.07, 6.45) is 1.63. The fourth-order valence-electron chi connectivity index (χ4n) is 1.57. The molecule has 3 N–H and O–H groups in total. The lowest BCUT2D eigenvalue weighted by atomic mass is 10.1. The van der Waals surface area contributed by atoms with Gasteiger partial charge in [0.25, 0.3) is 5.91 Å². The van der Waals surface area contributed by atoms with E-state index < -0.39 is 23.7 Å². The maximum absolute atomic E-state index is 11.7. The van der Waals surface area contributed by atoms with Crippen LogP contribution in [0.4, 0.5) is 9.93 Å². The van der Waals surface area contributed by atoms with Gasteiger partial charge in [0.2, 0.25) is 0 Å². The normalized spacial score (nSPS) is 12.5. The maximum atomic E-state index is 11.7. The van der Waals surface area contributed by atoms with E-state index in [0.717, 1.165) is 0 Å². The molecule has 0 bridgehead atoms. The molecule has 1 aromatic rings. The van der Waals surface area contributed by atoms with Crippen LogP contribution in [0, 0.1) is 0 Å². The Morgan fingerprint density at radius 1 is 1.41 bits per heavy atom. The van der Waals surface area contributed by atoms with Gasteiger partial charge in [0.05, 0.1) is 0 Å². The minimum Gasteiger partial charge on any atom is -0.444 e. The molecule has 8 heteroatoms. The molecular formula is C14H23N3O4S. The van der Waals surface area contributed by atoms with E-state index in [1.807, 2.05) is 0 Å². The summed E-state index contributed by atoms with van der Waals surface area (Å²) in [4.78, 5) is 27.0. The van der Waals surface area contributed by atoms with Crippen molar-refractivity contribution in [3.8, 4) is 0 Å². The largest absolute Gasteiger partial charge is 0.444 e. The van der Waals surface area contributed by atoms with Crippen molar-refractivity contribution in [2.75, 3.05) is 11.9 Å². The van der Waals surface area contributed by atoms with E-state index in [9.17, 15) is 14.7 Å². The molecule has 1 aromatic heterocycles. The summed E-state index contributed by atoms with van der Waals surface area (Å²) < 4.78 is 5.09. The number of hydrogen-bond donors (Lipinski definition) is 3. The van der Waals surface area contributed by atoms with Gasteiger partial charge in [-0.1, -0.05) is 0 Å². The predicted molar refractivity (Wildman–Crippen MR) is 84.8 cm³/mol. The molecule has 1 rings (SSSR count). The Balaban J connectivity index is 2.11. The third-order valence-electron chi connectivity index (χ3n) is 2.54. The molecule has 0 aliphatic heterocycles. The molecule has 0 saturated carbocycles. The fourth-order valence-corrected chi connectivity index (χ4v) is 2.10. The van der Waals surface area contributed by atoms with Crippen LogP contribution in [0.25, 0.3) is 0 Å². The molecule has 0 aliphatic carbocycles. The number of aliphatic hydroxyl groups is 1.